The monoisotopic (exact) mass is 408 g/mol. The van der Waals surface area contributed by atoms with Gasteiger partial charge in [-0.1, -0.05) is 23.7 Å². The summed E-state index contributed by atoms with van der Waals surface area (Å²) in [5.41, 5.74) is 0.778. The fourth-order valence-electron chi connectivity index (χ4n) is 3.02. The molecule has 0 aromatic heterocycles. The highest BCUT2D eigenvalue weighted by molar-refractivity contribution is 7.89. The Morgan fingerprint density at radius 1 is 1.19 bits per heavy atom. The van der Waals surface area contributed by atoms with Gasteiger partial charge in [0.05, 0.1) is 11.6 Å². The van der Waals surface area contributed by atoms with Gasteiger partial charge in [0.1, 0.15) is 10.6 Å². The minimum absolute atomic E-state index is 0.0268. The lowest BCUT2D eigenvalue weighted by molar-refractivity contribution is -0.117. The van der Waals surface area contributed by atoms with Crippen LogP contribution < -0.4 is 14.4 Å². The van der Waals surface area contributed by atoms with Crippen LogP contribution in [0.25, 0.3) is 0 Å². The van der Waals surface area contributed by atoms with E-state index in [0.717, 1.165) is 11.4 Å². The molecule has 1 aliphatic heterocycles. The Hall–Kier alpha value is -2.09. The summed E-state index contributed by atoms with van der Waals surface area (Å²) in [6, 6.07) is 13.6. The molecule has 2 aromatic rings. The van der Waals surface area contributed by atoms with Crippen LogP contribution in [0.3, 0.4) is 0 Å². The summed E-state index contributed by atoms with van der Waals surface area (Å²) in [6.07, 6.45) is 0.290. The fourth-order valence-corrected chi connectivity index (χ4v) is 4.66. The molecule has 6 nitrogen and oxygen atoms in total. The van der Waals surface area contributed by atoms with E-state index >= 15 is 0 Å². The second-order valence-electron chi connectivity index (χ2n) is 6.28. The molecule has 1 amide bonds. The summed E-state index contributed by atoms with van der Waals surface area (Å²) < 4.78 is 32.8. The van der Waals surface area contributed by atoms with E-state index in [2.05, 4.69) is 4.72 Å². The molecule has 1 saturated heterocycles. The Labute approximate surface area is 164 Å². The third kappa shape index (κ3) is 4.61. The maximum Gasteiger partial charge on any atom is 0.242 e. The van der Waals surface area contributed by atoms with Crippen LogP contribution >= 0.6 is 11.6 Å². The SMILES string of the molecule is CCOc1ccc(N2CC(CNS(=O)(=O)c3ccccc3Cl)CC2=O)cc1. The second kappa shape index (κ2) is 8.29. The Morgan fingerprint density at radius 3 is 2.56 bits per heavy atom. The zero-order valence-corrected chi connectivity index (χ0v) is 16.5. The van der Waals surface area contributed by atoms with Crippen LogP contribution in [0.5, 0.6) is 5.75 Å². The van der Waals surface area contributed by atoms with E-state index in [4.69, 9.17) is 16.3 Å². The maximum absolute atomic E-state index is 12.4. The van der Waals surface area contributed by atoms with Crippen LogP contribution in [-0.4, -0.2) is 34.0 Å². The van der Waals surface area contributed by atoms with Gasteiger partial charge in [-0.25, -0.2) is 13.1 Å². The van der Waals surface area contributed by atoms with E-state index in [9.17, 15) is 13.2 Å². The van der Waals surface area contributed by atoms with Crippen molar-refractivity contribution in [1.82, 2.24) is 4.72 Å². The average Bonchev–Trinajstić information content (AvgIpc) is 3.02. The number of benzene rings is 2. The minimum atomic E-state index is -3.72. The molecule has 2 aromatic carbocycles. The summed E-state index contributed by atoms with van der Waals surface area (Å²) in [7, 11) is -3.72. The molecule has 8 heteroatoms. The quantitative estimate of drug-likeness (QED) is 0.763. The van der Waals surface area contributed by atoms with E-state index in [1.807, 2.05) is 31.2 Å². The van der Waals surface area contributed by atoms with Crippen LogP contribution in [0.1, 0.15) is 13.3 Å². The van der Waals surface area contributed by atoms with Gasteiger partial charge in [0.15, 0.2) is 0 Å². The molecular formula is C19H21ClN2O4S. The number of rotatable bonds is 7. The normalized spacial score (nSPS) is 17.3. The van der Waals surface area contributed by atoms with Gasteiger partial charge >= 0.3 is 0 Å². The summed E-state index contributed by atoms with van der Waals surface area (Å²) >= 11 is 5.97. The molecule has 0 aliphatic carbocycles. The predicted octanol–water partition coefficient (Wildman–Crippen LogP) is 3.07. The lowest BCUT2D eigenvalue weighted by atomic mass is 10.1. The van der Waals surface area contributed by atoms with Gasteiger partial charge in [-0.3, -0.25) is 4.79 Å². The zero-order chi connectivity index (χ0) is 19.4. The number of nitrogens with one attached hydrogen (secondary N) is 1. The first-order valence-corrected chi connectivity index (χ1v) is 10.5. The number of sulfonamides is 1. The van der Waals surface area contributed by atoms with E-state index in [0.29, 0.717) is 13.2 Å². The fraction of sp³-hybridized carbons (Fsp3) is 0.316. The molecule has 1 unspecified atom stereocenters. The molecular weight excluding hydrogens is 388 g/mol. The number of amides is 1. The van der Waals surface area contributed by atoms with Gasteiger partial charge in [-0.15, -0.1) is 0 Å². The van der Waals surface area contributed by atoms with Crippen LogP contribution in [0, 0.1) is 5.92 Å². The Bertz CT molecular complexity index is 916. The van der Waals surface area contributed by atoms with Gasteiger partial charge in [0.25, 0.3) is 0 Å². The minimum Gasteiger partial charge on any atom is -0.494 e. The summed E-state index contributed by atoms with van der Waals surface area (Å²) in [6.45, 7) is 3.12. The van der Waals surface area contributed by atoms with Gasteiger partial charge in [0, 0.05) is 25.2 Å². The molecule has 1 N–H and O–H groups in total. The standard InChI is InChI=1S/C19H21ClN2O4S/c1-2-26-16-9-7-15(8-10-16)22-13-14(11-19(22)23)12-21-27(24,25)18-6-4-3-5-17(18)20/h3-10,14,21H,2,11-13H2,1H3. The van der Waals surface area contributed by atoms with Gasteiger partial charge in [-0.05, 0) is 49.2 Å². The molecule has 27 heavy (non-hydrogen) atoms. The molecule has 1 heterocycles. The summed E-state index contributed by atoms with van der Waals surface area (Å²) in [4.78, 5) is 14.1. The van der Waals surface area contributed by atoms with E-state index in [1.165, 1.54) is 12.1 Å². The number of ether oxygens (including phenoxy) is 1. The topological polar surface area (TPSA) is 75.7 Å². The first-order valence-electron chi connectivity index (χ1n) is 8.68. The number of halogens is 1. The van der Waals surface area contributed by atoms with Gasteiger partial charge < -0.3 is 9.64 Å². The molecule has 144 valence electrons. The average molecular weight is 409 g/mol. The molecule has 1 fully saturated rings. The number of carbonyl (C=O) groups is 1. The number of hydrogen-bond donors (Lipinski definition) is 1. The molecule has 3 rings (SSSR count). The van der Waals surface area contributed by atoms with Gasteiger partial charge in [-0.2, -0.15) is 0 Å². The number of nitrogens with zero attached hydrogens (tertiary/aromatic N) is 1. The molecule has 0 spiro atoms. The first-order chi connectivity index (χ1) is 12.9. The van der Waals surface area contributed by atoms with Crippen molar-refractivity contribution in [3.05, 3.63) is 53.6 Å². The van der Waals surface area contributed by atoms with E-state index in [1.54, 1.807) is 17.0 Å². The van der Waals surface area contributed by atoms with Crippen LogP contribution in [0.2, 0.25) is 5.02 Å². The molecule has 1 atom stereocenters. The van der Waals surface area contributed by atoms with Crippen molar-refractivity contribution in [1.29, 1.82) is 0 Å². The highest BCUT2D eigenvalue weighted by Gasteiger charge is 2.31. The number of hydrogen-bond acceptors (Lipinski definition) is 4. The third-order valence-electron chi connectivity index (χ3n) is 4.35. The molecule has 1 aliphatic rings. The Balaban J connectivity index is 1.63. The van der Waals surface area contributed by atoms with E-state index < -0.39 is 10.0 Å². The van der Waals surface area contributed by atoms with Crippen molar-refractivity contribution in [2.45, 2.75) is 18.2 Å². The highest BCUT2D eigenvalue weighted by atomic mass is 35.5. The molecule has 0 saturated carbocycles. The largest absolute Gasteiger partial charge is 0.494 e. The van der Waals surface area contributed by atoms with Crippen LogP contribution in [0.4, 0.5) is 5.69 Å². The summed E-state index contributed by atoms with van der Waals surface area (Å²) in [5.74, 6) is 0.611. The first kappa shape index (κ1) is 19.7. The van der Waals surface area contributed by atoms with E-state index in [-0.39, 0.29) is 34.7 Å². The van der Waals surface area contributed by atoms with Crippen molar-refractivity contribution < 1.29 is 17.9 Å². The molecule has 0 bridgehead atoms. The maximum atomic E-state index is 12.4. The Kier molecular flexibility index (Phi) is 6.04. The highest BCUT2D eigenvalue weighted by Crippen LogP contribution is 2.27. The molecule has 0 radical (unpaired) electrons. The third-order valence-corrected chi connectivity index (χ3v) is 6.28. The Morgan fingerprint density at radius 2 is 1.89 bits per heavy atom. The van der Waals surface area contributed by atoms with Gasteiger partial charge in [0.2, 0.25) is 15.9 Å². The lowest BCUT2D eigenvalue weighted by Gasteiger charge is -2.17. The number of anilines is 1. The van der Waals surface area contributed by atoms with Crippen LogP contribution in [0.15, 0.2) is 53.4 Å². The van der Waals surface area contributed by atoms with Crippen molar-refractivity contribution in [2.24, 2.45) is 5.92 Å². The van der Waals surface area contributed by atoms with Crippen molar-refractivity contribution in [3.63, 3.8) is 0 Å². The zero-order valence-electron chi connectivity index (χ0n) is 14.9. The van der Waals surface area contributed by atoms with Crippen molar-refractivity contribution in [3.8, 4) is 5.75 Å². The van der Waals surface area contributed by atoms with Crippen molar-refractivity contribution in [2.75, 3.05) is 24.6 Å². The number of carbonyl (C=O) groups excluding carboxylic acids is 1. The van der Waals surface area contributed by atoms with Crippen LogP contribution in [-0.2, 0) is 14.8 Å². The second-order valence-corrected chi connectivity index (χ2v) is 8.43. The van der Waals surface area contributed by atoms with Crippen molar-refractivity contribution >= 4 is 33.2 Å². The predicted molar refractivity (Wildman–Crippen MR) is 105 cm³/mol. The smallest absolute Gasteiger partial charge is 0.242 e. The lowest BCUT2D eigenvalue weighted by Crippen LogP contribution is -2.31. The summed E-state index contributed by atoms with van der Waals surface area (Å²) in [5, 5.41) is 0.170.